The van der Waals surface area contributed by atoms with Crippen LogP contribution in [0.4, 0.5) is 0 Å². The van der Waals surface area contributed by atoms with Gasteiger partial charge in [0.15, 0.2) is 22.4 Å². The molecule has 1 N–H and O–H groups in total. The van der Waals surface area contributed by atoms with E-state index < -0.39 is 39.9 Å². The summed E-state index contributed by atoms with van der Waals surface area (Å²) in [4.78, 5) is 14.3. The number of aliphatic hydroxyl groups is 1. The highest BCUT2D eigenvalue weighted by molar-refractivity contribution is 6.70. The van der Waals surface area contributed by atoms with E-state index in [4.69, 9.17) is 18.3 Å². The maximum Gasteiger partial charge on any atom is 0.191 e. The predicted octanol–water partition coefficient (Wildman–Crippen LogP) is 5.94. The number of carbonyl (C=O) groups excluding carboxylic acids is 1. The predicted molar refractivity (Wildman–Crippen MR) is 140 cm³/mol. The number of ketones is 1. The van der Waals surface area contributed by atoms with Crippen LogP contribution >= 0.6 is 0 Å². The standard InChI is InChI=1S/C26H42O6Si2/c1-16-12-13-26(28)24(32-34(9,10)11)18-14-17(29-4)15-19(30-5)20(18)23(31-33(6,7)8)22(27)21(16)25(26,2)3/h14-15,23-24,28H,12-13H2,1-11H3/t23-,24+,26-/m1/s1. The number of benzene rings is 1. The van der Waals surface area contributed by atoms with Crippen LogP contribution in [0.1, 0.15) is 56.9 Å². The molecule has 2 aliphatic rings. The Labute approximate surface area is 206 Å². The van der Waals surface area contributed by atoms with Crippen molar-refractivity contribution >= 4 is 22.4 Å². The summed E-state index contributed by atoms with van der Waals surface area (Å²) in [6, 6.07) is 3.67. The Morgan fingerprint density at radius 1 is 0.971 bits per heavy atom. The monoisotopic (exact) mass is 506 g/mol. The third-order valence-corrected chi connectivity index (χ3v) is 8.91. The van der Waals surface area contributed by atoms with E-state index in [2.05, 4.69) is 39.3 Å². The summed E-state index contributed by atoms with van der Waals surface area (Å²) in [6.07, 6.45) is -0.391. The summed E-state index contributed by atoms with van der Waals surface area (Å²) >= 11 is 0. The molecular weight excluding hydrogens is 464 g/mol. The zero-order chi connectivity index (χ0) is 25.9. The molecule has 3 atom stereocenters. The van der Waals surface area contributed by atoms with E-state index in [1.165, 1.54) is 0 Å². The fourth-order valence-electron chi connectivity index (χ4n) is 5.45. The molecular formula is C26H42O6Si2. The smallest absolute Gasteiger partial charge is 0.191 e. The third-order valence-electron chi connectivity index (χ3n) is 7.02. The first-order valence-corrected chi connectivity index (χ1v) is 18.9. The molecule has 0 aliphatic heterocycles. The fourth-order valence-corrected chi connectivity index (χ4v) is 7.41. The van der Waals surface area contributed by atoms with Crippen LogP contribution < -0.4 is 9.47 Å². The second-order valence-corrected chi connectivity index (χ2v) is 21.0. The highest BCUT2D eigenvalue weighted by Crippen LogP contribution is 2.59. The van der Waals surface area contributed by atoms with E-state index in [-0.39, 0.29) is 5.78 Å². The highest BCUT2D eigenvalue weighted by atomic mass is 28.4. The van der Waals surface area contributed by atoms with Crippen molar-refractivity contribution in [2.75, 3.05) is 14.2 Å². The van der Waals surface area contributed by atoms with Crippen LogP contribution in [-0.2, 0) is 13.6 Å². The van der Waals surface area contributed by atoms with Gasteiger partial charge >= 0.3 is 0 Å². The zero-order valence-electron chi connectivity index (χ0n) is 22.7. The topological polar surface area (TPSA) is 74.2 Å². The van der Waals surface area contributed by atoms with Crippen molar-refractivity contribution in [3.8, 4) is 11.5 Å². The molecule has 0 amide bonds. The summed E-state index contributed by atoms with van der Waals surface area (Å²) in [6.45, 7) is 18.5. The van der Waals surface area contributed by atoms with Gasteiger partial charge in [-0.1, -0.05) is 19.4 Å². The minimum absolute atomic E-state index is 0.0979. The molecule has 8 heteroatoms. The van der Waals surface area contributed by atoms with Crippen LogP contribution in [0.15, 0.2) is 23.3 Å². The van der Waals surface area contributed by atoms with Crippen molar-refractivity contribution in [3.63, 3.8) is 0 Å². The van der Waals surface area contributed by atoms with Gasteiger partial charge in [-0.25, -0.2) is 0 Å². The van der Waals surface area contributed by atoms with E-state index in [0.29, 0.717) is 41.0 Å². The maximum atomic E-state index is 14.3. The molecule has 34 heavy (non-hydrogen) atoms. The van der Waals surface area contributed by atoms with E-state index in [0.717, 1.165) is 5.57 Å². The molecule has 0 fully saturated rings. The van der Waals surface area contributed by atoms with Crippen molar-refractivity contribution in [3.05, 3.63) is 34.4 Å². The highest BCUT2D eigenvalue weighted by Gasteiger charge is 2.60. The first-order chi connectivity index (χ1) is 15.5. The lowest BCUT2D eigenvalue weighted by atomic mass is 9.56. The molecule has 0 aromatic heterocycles. The second-order valence-electron chi connectivity index (χ2n) is 12.1. The first-order valence-electron chi connectivity index (χ1n) is 12.0. The Kier molecular flexibility index (Phi) is 7.09. The van der Waals surface area contributed by atoms with Crippen LogP contribution in [0, 0.1) is 5.41 Å². The minimum Gasteiger partial charge on any atom is -0.497 e. The molecule has 190 valence electrons. The van der Waals surface area contributed by atoms with E-state index >= 15 is 0 Å². The summed E-state index contributed by atoms with van der Waals surface area (Å²) in [5, 5.41) is 12.5. The lowest BCUT2D eigenvalue weighted by Crippen LogP contribution is -2.58. The van der Waals surface area contributed by atoms with Gasteiger partial charge in [0.05, 0.1) is 14.2 Å². The van der Waals surface area contributed by atoms with Crippen LogP contribution in [0.2, 0.25) is 39.3 Å². The number of ether oxygens (including phenoxy) is 2. The molecule has 1 aromatic rings. The molecule has 0 saturated carbocycles. The van der Waals surface area contributed by atoms with Gasteiger partial charge < -0.3 is 23.4 Å². The molecule has 2 aliphatic carbocycles. The Morgan fingerprint density at radius 3 is 2.06 bits per heavy atom. The van der Waals surface area contributed by atoms with Crippen LogP contribution in [0.3, 0.4) is 0 Å². The molecule has 0 heterocycles. The molecule has 0 radical (unpaired) electrons. The van der Waals surface area contributed by atoms with Crippen molar-refractivity contribution in [2.45, 2.75) is 90.7 Å². The van der Waals surface area contributed by atoms with E-state index in [1.807, 2.05) is 26.8 Å². The number of allylic oxidation sites excluding steroid dienone is 1. The van der Waals surface area contributed by atoms with Gasteiger partial charge in [0.25, 0.3) is 0 Å². The molecule has 0 spiro atoms. The van der Waals surface area contributed by atoms with Gasteiger partial charge in [-0.2, -0.15) is 0 Å². The lowest BCUT2D eigenvalue weighted by Gasteiger charge is -2.55. The minimum atomic E-state index is -2.17. The van der Waals surface area contributed by atoms with Gasteiger partial charge in [-0.15, -0.1) is 0 Å². The van der Waals surface area contributed by atoms with Crippen LogP contribution in [0.25, 0.3) is 0 Å². The van der Waals surface area contributed by atoms with Gasteiger partial charge in [0, 0.05) is 22.6 Å². The maximum absolute atomic E-state index is 14.3. The van der Waals surface area contributed by atoms with Crippen LogP contribution in [0.5, 0.6) is 11.5 Å². The number of rotatable bonds is 6. The summed E-state index contributed by atoms with van der Waals surface area (Å²) < 4.78 is 24.9. The SMILES string of the molecule is COc1cc(OC)c2c(c1)[C@H](O[Si](C)(C)C)[C@]1(O)CCC(C)=C(C(=O)[C@@H]2O[Si](C)(C)C)C1(C)C. The first kappa shape index (κ1) is 27.1. The fraction of sp³-hybridized carbons (Fsp3) is 0.654. The van der Waals surface area contributed by atoms with Gasteiger partial charge in [-0.3, -0.25) is 4.79 Å². The molecule has 6 nitrogen and oxygen atoms in total. The number of hydrogen-bond acceptors (Lipinski definition) is 6. The molecule has 0 saturated heterocycles. The van der Waals surface area contributed by atoms with Crippen molar-refractivity contribution in [1.29, 1.82) is 0 Å². The number of fused-ring (bicyclic) bond motifs is 3. The largest absolute Gasteiger partial charge is 0.497 e. The van der Waals surface area contributed by atoms with Crippen LogP contribution in [-0.4, -0.2) is 47.3 Å². The van der Waals surface area contributed by atoms with Gasteiger partial charge in [0.2, 0.25) is 0 Å². The van der Waals surface area contributed by atoms with Crippen molar-refractivity contribution in [1.82, 2.24) is 0 Å². The zero-order valence-corrected chi connectivity index (χ0v) is 24.7. The summed E-state index contributed by atoms with van der Waals surface area (Å²) in [5.74, 6) is 0.998. The average molecular weight is 507 g/mol. The Bertz CT molecular complexity index is 1000. The van der Waals surface area contributed by atoms with Gasteiger partial charge in [-0.05, 0) is 70.7 Å². The molecule has 0 unspecified atom stereocenters. The molecule has 1 aromatic carbocycles. The molecule has 3 rings (SSSR count). The summed E-state index contributed by atoms with van der Waals surface area (Å²) in [7, 11) is -1.14. The summed E-state index contributed by atoms with van der Waals surface area (Å²) in [5.41, 5.74) is 0.869. The van der Waals surface area contributed by atoms with E-state index in [9.17, 15) is 9.90 Å². The molecule has 2 bridgehead atoms. The number of carbonyl (C=O) groups is 1. The van der Waals surface area contributed by atoms with Gasteiger partial charge in [0.1, 0.15) is 29.3 Å². The number of Topliss-reactive ketones (excluding diaryl/α,β-unsaturated/α-hetero) is 1. The Hall–Kier alpha value is -1.46. The Morgan fingerprint density at radius 2 is 1.56 bits per heavy atom. The second kappa shape index (κ2) is 8.89. The number of hydrogen-bond donors (Lipinski definition) is 1. The van der Waals surface area contributed by atoms with E-state index in [1.54, 1.807) is 20.3 Å². The Balaban J connectivity index is 2.50. The normalized spacial score (nSPS) is 27.1. The quantitative estimate of drug-likeness (QED) is 0.481. The lowest BCUT2D eigenvalue weighted by molar-refractivity contribution is -0.152. The number of methoxy groups -OCH3 is 2. The average Bonchev–Trinajstić information content (AvgIpc) is 2.70. The third kappa shape index (κ3) is 4.67. The van der Waals surface area contributed by atoms with Crippen molar-refractivity contribution in [2.24, 2.45) is 5.41 Å². The van der Waals surface area contributed by atoms with Crippen molar-refractivity contribution < 1.29 is 28.2 Å².